The molecule has 2 aliphatic rings. The number of fused-ring (bicyclic) bond motifs is 1. The van der Waals surface area contributed by atoms with Crippen molar-refractivity contribution in [3.05, 3.63) is 40.4 Å². The van der Waals surface area contributed by atoms with Crippen LogP contribution in [0.5, 0.6) is 0 Å². The number of aliphatic hydroxyl groups excluding tert-OH is 1. The molecule has 224 valence electrons. The second-order valence-corrected chi connectivity index (χ2v) is 13.0. The smallest absolute Gasteiger partial charge is 0.236 e. The Hall–Kier alpha value is -3.90. The standard InChI is InChI=1S/C29H33N9O3S2/c1-5-21-26(35(4)27-32-25(22(12-30)42-27)18-8-6-17(2)7-9-18)38-28(31-21)43-29(33-38)37-13-19(10-11-23(37)40)34(3)16-24(41)36-14-20(39)15-36/h6-9,19-20,39H,5,10-11,13-16H2,1-4H3. The van der Waals surface area contributed by atoms with Gasteiger partial charge in [-0.15, -0.1) is 5.10 Å². The largest absolute Gasteiger partial charge is 0.389 e. The molecular formula is C29H33N9O3S2. The number of benzene rings is 1. The molecule has 2 amide bonds. The summed E-state index contributed by atoms with van der Waals surface area (Å²) >= 11 is 2.67. The molecule has 2 fully saturated rings. The van der Waals surface area contributed by atoms with Gasteiger partial charge in [0.05, 0.1) is 18.3 Å². The zero-order chi connectivity index (χ0) is 30.4. The molecule has 2 aliphatic heterocycles. The van der Waals surface area contributed by atoms with Crippen molar-refractivity contribution in [1.29, 1.82) is 5.26 Å². The maximum absolute atomic E-state index is 13.1. The number of rotatable bonds is 8. The number of likely N-dealkylation sites (tertiary alicyclic amines) is 1. The minimum absolute atomic E-state index is 0.00247. The first-order valence-electron chi connectivity index (χ1n) is 14.2. The molecule has 1 N–H and O–H groups in total. The average molecular weight is 620 g/mol. The van der Waals surface area contributed by atoms with Crippen molar-refractivity contribution in [3.63, 3.8) is 0 Å². The van der Waals surface area contributed by atoms with E-state index in [-0.39, 0.29) is 24.4 Å². The molecule has 3 aromatic heterocycles. The average Bonchev–Trinajstić information content (AvgIpc) is 3.68. The number of thiazole rings is 1. The first kappa shape index (κ1) is 29.2. The van der Waals surface area contributed by atoms with Gasteiger partial charge in [-0.05, 0) is 26.8 Å². The van der Waals surface area contributed by atoms with Crippen molar-refractivity contribution in [3.8, 4) is 17.3 Å². The van der Waals surface area contributed by atoms with Crippen molar-refractivity contribution in [2.45, 2.75) is 45.3 Å². The van der Waals surface area contributed by atoms with Gasteiger partial charge in [0.2, 0.25) is 21.9 Å². The van der Waals surface area contributed by atoms with Gasteiger partial charge in [-0.1, -0.05) is 59.4 Å². The highest BCUT2D eigenvalue weighted by molar-refractivity contribution is 7.20. The molecule has 1 aromatic carbocycles. The molecular weight excluding hydrogens is 587 g/mol. The summed E-state index contributed by atoms with van der Waals surface area (Å²) in [6.07, 6.45) is 1.26. The maximum atomic E-state index is 13.1. The SMILES string of the molecule is CCc1nc2sc(N3CC(N(C)CC(=O)N4CC(O)C4)CCC3=O)nn2c1N(C)c1nc(-c2ccc(C)cc2)c(C#N)s1. The highest BCUT2D eigenvalue weighted by atomic mass is 32.1. The number of β-amino-alcohol motifs (C(OH)–C–C–N with tert-alkyl or cyclic N) is 1. The van der Waals surface area contributed by atoms with Gasteiger partial charge in [0.25, 0.3) is 0 Å². The van der Waals surface area contributed by atoms with Gasteiger partial charge < -0.3 is 14.9 Å². The lowest BCUT2D eigenvalue weighted by atomic mass is 10.0. The number of anilines is 3. The highest BCUT2D eigenvalue weighted by Gasteiger charge is 2.35. The summed E-state index contributed by atoms with van der Waals surface area (Å²) in [6, 6.07) is 10.3. The van der Waals surface area contributed by atoms with Crippen molar-refractivity contribution in [2.75, 3.05) is 50.1 Å². The number of hydrogen-bond acceptors (Lipinski definition) is 11. The fourth-order valence-electron chi connectivity index (χ4n) is 5.45. The van der Waals surface area contributed by atoms with Gasteiger partial charge in [-0.2, -0.15) is 9.78 Å². The molecule has 0 saturated carbocycles. The summed E-state index contributed by atoms with van der Waals surface area (Å²) in [7, 11) is 3.79. The van der Waals surface area contributed by atoms with Gasteiger partial charge in [-0.3, -0.25) is 19.4 Å². The summed E-state index contributed by atoms with van der Waals surface area (Å²) in [6.45, 7) is 5.46. The number of amides is 2. The number of nitrogens with zero attached hydrogens (tertiary/aromatic N) is 9. The molecule has 6 rings (SSSR count). The van der Waals surface area contributed by atoms with E-state index in [1.807, 2.05) is 62.0 Å². The van der Waals surface area contributed by atoms with E-state index in [1.165, 1.54) is 22.7 Å². The van der Waals surface area contributed by atoms with E-state index in [2.05, 4.69) is 6.07 Å². The highest BCUT2D eigenvalue weighted by Crippen LogP contribution is 2.38. The first-order chi connectivity index (χ1) is 20.7. The molecule has 1 atom stereocenters. The monoisotopic (exact) mass is 619 g/mol. The van der Waals surface area contributed by atoms with Crippen LogP contribution in [-0.4, -0.2) is 98.7 Å². The summed E-state index contributed by atoms with van der Waals surface area (Å²) in [5, 5.41) is 25.5. The van der Waals surface area contributed by atoms with Crippen LogP contribution in [0.25, 0.3) is 16.2 Å². The Balaban J connectivity index is 1.26. The number of nitriles is 1. The number of imidazole rings is 1. The fraction of sp³-hybridized carbons (Fsp3) is 0.448. The van der Waals surface area contributed by atoms with Gasteiger partial charge in [0.1, 0.15) is 16.6 Å². The molecule has 5 heterocycles. The summed E-state index contributed by atoms with van der Waals surface area (Å²) in [5.41, 5.74) is 3.51. The van der Waals surface area contributed by atoms with Crippen LogP contribution in [0, 0.1) is 18.3 Å². The Bertz CT molecular complexity index is 1710. The number of carbonyl (C=O) groups is 2. The zero-order valence-electron chi connectivity index (χ0n) is 24.5. The van der Waals surface area contributed by atoms with Crippen LogP contribution < -0.4 is 9.80 Å². The van der Waals surface area contributed by atoms with Crippen molar-refractivity contribution in [1.82, 2.24) is 29.4 Å². The third kappa shape index (κ3) is 5.49. The van der Waals surface area contributed by atoms with Crippen LogP contribution in [0.4, 0.5) is 16.1 Å². The second-order valence-electron chi connectivity index (χ2n) is 11.1. The summed E-state index contributed by atoms with van der Waals surface area (Å²) in [5.74, 6) is 0.718. The zero-order valence-corrected chi connectivity index (χ0v) is 26.2. The molecule has 0 spiro atoms. The van der Waals surface area contributed by atoms with Crippen LogP contribution in [-0.2, 0) is 16.0 Å². The van der Waals surface area contributed by atoms with Crippen LogP contribution in [0.1, 0.15) is 35.9 Å². The number of piperidine rings is 1. The molecule has 12 nitrogen and oxygen atoms in total. The number of aryl methyl sites for hydroxylation is 2. The first-order valence-corrected chi connectivity index (χ1v) is 15.9. The number of aromatic nitrogens is 4. The van der Waals surface area contributed by atoms with Crippen LogP contribution in [0.15, 0.2) is 24.3 Å². The van der Waals surface area contributed by atoms with E-state index in [9.17, 15) is 20.0 Å². The predicted octanol–water partition coefficient (Wildman–Crippen LogP) is 3.06. The van der Waals surface area contributed by atoms with Crippen molar-refractivity contribution >= 4 is 55.5 Å². The Morgan fingerprint density at radius 3 is 2.58 bits per heavy atom. The van der Waals surface area contributed by atoms with Gasteiger partial charge in [0, 0.05) is 44.7 Å². The lowest BCUT2D eigenvalue weighted by Crippen LogP contribution is -2.57. The Morgan fingerprint density at radius 2 is 1.91 bits per heavy atom. The van der Waals surface area contributed by atoms with Gasteiger partial charge in [0.15, 0.2) is 10.9 Å². The lowest BCUT2D eigenvalue weighted by molar-refractivity contribution is -0.142. The quantitative estimate of drug-likeness (QED) is 0.316. The molecule has 43 heavy (non-hydrogen) atoms. The van der Waals surface area contributed by atoms with E-state index in [0.29, 0.717) is 64.7 Å². The lowest BCUT2D eigenvalue weighted by Gasteiger charge is -2.39. The summed E-state index contributed by atoms with van der Waals surface area (Å²) in [4.78, 5) is 43.8. The molecule has 0 radical (unpaired) electrons. The molecule has 0 bridgehead atoms. The number of hydrogen-bond donors (Lipinski definition) is 1. The Kier molecular flexibility index (Phi) is 7.91. The molecule has 14 heteroatoms. The van der Waals surface area contributed by atoms with Crippen molar-refractivity contribution in [2.24, 2.45) is 0 Å². The number of aliphatic hydroxyl groups is 1. The molecule has 0 aliphatic carbocycles. The van der Waals surface area contributed by atoms with Crippen LogP contribution >= 0.6 is 22.7 Å². The number of carbonyl (C=O) groups excluding carboxylic acids is 2. The fourth-order valence-corrected chi connectivity index (χ4v) is 7.24. The van der Waals surface area contributed by atoms with Crippen molar-refractivity contribution < 1.29 is 14.7 Å². The third-order valence-electron chi connectivity index (χ3n) is 8.06. The van der Waals surface area contributed by atoms with Gasteiger partial charge >= 0.3 is 0 Å². The summed E-state index contributed by atoms with van der Waals surface area (Å²) < 4.78 is 1.76. The Morgan fingerprint density at radius 1 is 1.16 bits per heavy atom. The molecule has 2 saturated heterocycles. The number of likely N-dealkylation sites (N-methyl/N-ethyl adjacent to an activating group) is 1. The maximum Gasteiger partial charge on any atom is 0.236 e. The molecule has 1 unspecified atom stereocenters. The van der Waals surface area contributed by atoms with E-state index in [4.69, 9.17) is 15.1 Å². The van der Waals surface area contributed by atoms with Crippen LogP contribution in [0.3, 0.4) is 0 Å². The predicted molar refractivity (Wildman–Crippen MR) is 166 cm³/mol. The Labute approximate surface area is 257 Å². The minimum Gasteiger partial charge on any atom is -0.389 e. The normalized spacial score (nSPS) is 17.5. The van der Waals surface area contributed by atoms with Crippen LogP contribution in [0.2, 0.25) is 0 Å². The third-order valence-corrected chi connectivity index (χ3v) is 10.0. The van der Waals surface area contributed by atoms with E-state index in [0.717, 1.165) is 22.6 Å². The van der Waals surface area contributed by atoms with E-state index in [1.54, 1.807) is 14.3 Å². The topological polar surface area (TPSA) is 134 Å². The second kappa shape index (κ2) is 11.6. The van der Waals surface area contributed by atoms with E-state index < -0.39 is 6.10 Å². The van der Waals surface area contributed by atoms with E-state index >= 15 is 0 Å². The molecule has 4 aromatic rings. The minimum atomic E-state index is -0.433. The van der Waals surface area contributed by atoms with Gasteiger partial charge in [-0.25, -0.2) is 9.97 Å².